The monoisotopic (exact) mass is 360 g/mol. The zero-order valence-electron chi connectivity index (χ0n) is 13.2. The van der Waals surface area contributed by atoms with Crippen LogP contribution in [0.4, 0.5) is 11.4 Å². The smallest absolute Gasteiger partial charge is 0.417 e. The Morgan fingerprint density at radius 3 is 1.96 bits per heavy atom. The van der Waals surface area contributed by atoms with Crippen LogP contribution in [0.3, 0.4) is 0 Å². The number of non-ortho nitro benzene ring substituents is 1. The molecule has 0 saturated heterocycles. The van der Waals surface area contributed by atoms with Crippen LogP contribution in [0.15, 0.2) is 48.5 Å². The SMILES string of the molecule is O=C(OCc1ccc([N+](=O)[O-])cc1)C(=O)OCc1ccccc1[N+](=O)[O-]. The predicted octanol–water partition coefficient (Wildman–Crippen LogP) is 2.29. The Kier molecular flexibility index (Phi) is 5.93. The maximum Gasteiger partial charge on any atom is 0.417 e. The van der Waals surface area contributed by atoms with Crippen LogP contribution in [-0.2, 0) is 32.3 Å². The summed E-state index contributed by atoms with van der Waals surface area (Å²) in [5.41, 5.74) is 0.216. The molecule has 2 aromatic carbocycles. The third kappa shape index (κ3) is 4.84. The molecule has 0 amide bonds. The molecule has 0 unspecified atom stereocenters. The first-order valence-corrected chi connectivity index (χ1v) is 7.18. The van der Waals surface area contributed by atoms with E-state index in [9.17, 15) is 29.8 Å². The summed E-state index contributed by atoms with van der Waals surface area (Å²) in [5.74, 6) is -2.58. The average molecular weight is 360 g/mol. The highest BCUT2D eigenvalue weighted by atomic mass is 16.6. The van der Waals surface area contributed by atoms with Crippen LogP contribution >= 0.6 is 0 Å². The van der Waals surface area contributed by atoms with Crippen LogP contribution in [-0.4, -0.2) is 21.8 Å². The number of carbonyl (C=O) groups excluding carboxylic acids is 2. The Labute approximate surface area is 146 Å². The van der Waals surface area contributed by atoms with Crippen LogP contribution < -0.4 is 0 Å². The van der Waals surface area contributed by atoms with Gasteiger partial charge in [0, 0.05) is 18.2 Å². The zero-order valence-corrected chi connectivity index (χ0v) is 13.2. The summed E-state index contributed by atoms with van der Waals surface area (Å²) in [6, 6.07) is 10.9. The fraction of sp³-hybridized carbons (Fsp3) is 0.125. The minimum Gasteiger partial charge on any atom is -0.452 e. The molecule has 0 aliphatic rings. The molecular formula is C16H12N2O8. The topological polar surface area (TPSA) is 139 Å². The van der Waals surface area contributed by atoms with Crippen molar-refractivity contribution in [2.45, 2.75) is 13.2 Å². The van der Waals surface area contributed by atoms with Crippen molar-refractivity contribution in [2.75, 3.05) is 0 Å². The van der Waals surface area contributed by atoms with Crippen molar-refractivity contribution < 1.29 is 28.9 Å². The van der Waals surface area contributed by atoms with E-state index in [1.54, 1.807) is 0 Å². The molecule has 0 atom stereocenters. The van der Waals surface area contributed by atoms with Gasteiger partial charge >= 0.3 is 11.9 Å². The highest BCUT2D eigenvalue weighted by molar-refractivity contribution is 6.29. The van der Waals surface area contributed by atoms with Crippen LogP contribution in [0.1, 0.15) is 11.1 Å². The Balaban J connectivity index is 1.87. The third-order valence-electron chi connectivity index (χ3n) is 3.23. The van der Waals surface area contributed by atoms with Crippen molar-refractivity contribution in [3.05, 3.63) is 79.9 Å². The number of nitro groups is 2. The molecule has 2 rings (SSSR count). The number of ether oxygens (including phenoxy) is 2. The van der Waals surface area contributed by atoms with E-state index < -0.39 is 28.4 Å². The first-order chi connectivity index (χ1) is 12.4. The van der Waals surface area contributed by atoms with Gasteiger partial charge in [0.15, 0.2) is 0 Å². The third-order valence-corrected chi connectivity index (χ3v) is 3.23. The van der Waals surface area contributed by atoms with E-state index in [2.05, 4.69) is 0 Å². The highest BCUT2D eigenvalue weighted by Gasteiger charge is 2.20. The van der Waals surface area contributed by atoms with Gasteiger partial charge in [-0.05, 0) is 23.8 Å². The van der Waals surface area contributed by atoms with Crippen molar-refractivity contribution in [1.82, 2.24) is 0 Å². The first kappa shape index (κ1) is 18.5. The number of rotatable bonds is 6. The maximum atomic E-state index is 11.6. The van der Waals surface area contributed by atoms with Crippen molar-refractivity contribution in [3.8, 4) is 0 Å². The molecule has 0 aliphatic carbocycles. The Bertz CT molecular complexity index is 848. The summed E-state index contributed by atoms with van der Waals surface area (Å²) in [4.78, 5) is 43.4. The molecule has 0 aromatic heterocycles. The number of nitrogens with zero attached hydrogens (tertiary/aromatic N) is 2. The molecule has 0 saturated carbocycles. The summed E-state index contributed by atoms with van der Waals surface area (Å²) in [7, 11) is 0. The van der Waals surface area contributed by atoms with Crippen molar-refractivity contribution in [1.29, 1.82) is 0 Å². The van der Waals surface area contributed by atoms with Gasteiger partial charge in [-0.2, -0.15) is 0 Å². The molecule has 0 heterocycles. The number of hydrogen-bond acceptors (Lipinski definition) is 8. The minimum absolute atomic E-state index is 0.121. The van der Waals surface area contributed by atoms with E-state index in [4.69, 9.17) is 9.47 Å². The van der Waals surface area contributed by atoms with E-state index in [1.807, 2.05) is 0 Å². The second-order valence-electron chi connectivity index (χ2n) is 4.96. The van der Waals surface area contributed by atoms with Crippen LogP contribution in [0.5, 0.6) is 0 Å². The normalized spacial score (nSPS) is 10.0. The lowest BCUT2D eigenvalue weighted by molar-refractivity contribution is -0.385. The first-order valence-electron chi connectivity index (χ1n) is 7.18. The van der Waals surface area contributed by atoms with E-state index >= 15 is 0 Å². The highest BCUT2D eigenvalue weighted by Crippen LogP contribution is 2.18. The largest absolute Gasteiger partial charge is 0.452 e. The quantitative estimate of drug-likeness (QED) is 0.331. The fourth-order valence-electron chi connectivity index (χ4n) is 1.93. The maximum absolute atomic E-state index is 11.6. The van der Waals surface area contributed by atoms with Gasteiger partial charge in [-0.1, -0.05) is 12.1 Å². The minimum atomic E-state index is -1.30. The molecule has 0 N–H and O–H groups in total. The Hall–Kier alpha value is -3.82. The van der Waals surface area contributed by atoms with Crippen LogP contribution in [0.2, 0.25) is 0 Å². The van der Waals surface area contributed by atoms with E-state index in [0.717, 1.165) is 0 Å². The van der Waals surface area contributed by atoms with Crippen molar-refractivity contribution >= 4 is 23.3 Å². The molecular weight excluding hydrogens is 348 g/mol. The Morgan fingerprint density at radius 1 is 0.808 bits per heavy atom. The average Bonchev–Trinajstić information content (AvgIpc) is 2.64. The molecule has 26 heavy (non-hydrogen) atoms. The van der Waals surface area contributed by atoms with Crippen molar-refractivity contribution in [3.63, 3.8) is 0 Å². The van der Waals surface area contributed by atoms with Gasteiger partial charge in [0.05, 0.1) is 15.4 Å². The molecule has 0 aliphatic heterocycles. The molecule has 10 nitrogen and oxygen atoms in total. The van der Waals surface area contributed by atoms with Gasteiger partial charge in [0.2, 0.25) is 0 Å². The summed E-state index contributed by atoms with van der Waals surface area (Å²) >= 11 is 0. The van der Waals surface area contributed by atoms with Gasteiger partial charge in [-0.3, -0.25) is 20.2 Å². The number of esters is 2. The van der Waals surface area contributed by atoms with Gasteiger partial charge in [-0.15, -0.1) is 0 Å². The molecule has 2 aromatic rings. The summed E-state index contributed by atoms with van der Waals surface area (Å²) in [5, 5.41) is 21.4. The molecule has 10 heteroatoms. The molecule has 0 fully saturated rings. The molecule has 0 bridgehead atoms. The number of benzene rings is 2. The lowest BCUT2D eigenvalue weighted by Crippen LogP contribution is -2.20. The fourth-order valence-corrected chi connectivity index (χ4v) is 1.93. The summed E-state index contributed by atoms with van der Waals surface area (Å²) in [6.45, 7) is -0.736. The zero-order chi connectivity index (χ0) is 19.1. The number of hydrogen-bond donors (Lipinski definition) is 0. The molecule has 134 valence electrons. The summed E-state index contributed by atoms with van der Waals surface area (Å²) < 4.78 is 9.45. The van der Waals surface area contributed by atoms with E-state index in [0.29, 0.717) is 5.56 Å². The Morgan fingerprint density at radius 2 is 1.38 bits per heavy atom. The lowest BCUT2D eigenvalue weighted by atomic mass is 10.2. The predicted molar refractivity (Wildman–Crippen MR) is 85.8 cm³/mol. The van der Waals surface area contributed by atoms with Crippen LogP contribution in [0.25, 0.3) is 0 Å². The number of nitro benzene ring substituents is 2. The molecule has 0 spiro atoms. The van der Waals surface area contributed by atoms with Gasteiger partial charge in [0.25, 0.3) is 11.4 Å². The van der Waals surface area contributed by atoms with E-state index in [-0.39, 0.29) is 23.5 Å². The lowest BCUT2D eigenvalue weighted by Gasteiger charge is -2.06. The van der Waals surface area contributed by atoms with Gasteiger partial charge in [-0.25, -0.2) is 9.59 Å². The number of carbonyl (C=O) groups is 2. The number of para-hydroxylation sites is 1. The second-order valence-corrected chi connectivity index (χ2v) is 4.96. The van der Waals surface area contributed by atoms with E-state index in [1.165, 1.54) is 48.5 Å². The van der Waals surface area contributed by atoms with Gasteiger partial charge in [0.1, 0.15) is 13.2 Å². The van der Waals surface area contributed by atoms with Gasteiger partial charge < -0.3 is 9.47 Å². The van der Waals surface area contributed by atoms with Crippen LogP contribution in [0, 0.1) is 20.2 Å². The standard InChI is InChI=1S/C16H12N2O8/c19-15(25-9-11-5-7-13(8-6-11)17(21)22)16(20)26-10-12-3-1-2-4-14(12)18(23)24/h1-8H,9-10H2. The second kappa shape index (κ2) is 8.33. The van der Waals surface area contributed by atoms with Crippen molar-refractivity contribution in [2.24, 2.45) is 0 Å². The molecule has 0 radical (unpaired) electrons. The summed E-state index contributed by atoms with van der Waals surface area (Å²) in [6.07, 6.45) is 0.